The molecule has 26 heavy (non-hydrogen) atoms. The lowest BCUT2D eigenvalue weighted by Crippen LogP contribution is -2.48. The number of hydrogen-bond acceptors (Lipinski definition) is 4. The van der Waals surface area contributed by atoms with Crippen molar-refractivity contribution in [2.75, 3.05) is 38.5 Å². The average Bonchev–Trinajstić information content (AvgIpc) is 2.66. The van der Waals surface area contributed by atoms with E-state index < -0.39 is 0 Å². The van der Waals surface area contributed by atoms with Gasteiger partial charge >= 0.3 is 0 Å². The highest BCUT2D eigenvalue weighted by atomic mass is 32.2. The van der Waals surface area contributed by atoms with Crippen LogP contribution in [0.1, 0.15) is 37.0 Å². The number of benzene rings is 1. The summed E-state index contributed by atoms with van der Waals surface area (Å²) < 4.78 is 0. The summed E-state index contributed by atoms with van der Waals surface area (Å²) in [6, 6.07) is 6.37. The van der Waals surface area contributed by atoms with Crippen LogP contribution < -0.4 is 10.6 Å². The molecule has 0 aliphatic carbocycles. The van der Waals surface area contributed by atoms with E-state index in [2.05, 4.69) is 29.4 Å². The first-order chi connectivity index (χ1) is 12.6. The molecule has 3 N–H and O–H groups in total. The predicted octanol–water partition coefficient (Wildman–Crippen LogP) is 2.31. The SMILES string of the molecule is CCNC(=NCCCNC(=O)c1cccc(O)c1)N1CCSC(CC)C1. The van der Waals surface area contributed by atoms with Crippen molar-refractivity contribution in [1.29, 1.82) is 0 Å². The van der Waals surface area contributed by atoms with Crippen LogP contribution in [-0.4, -0.2) is 65.6 Å². The normalized spacial score (nSPS) is 17.8. The lowest BCUT2D eigenvalue weighted by atomic mass is 10.2. The molecule has 1 fully saturated rings. The minimum atomic E-state index is -0.171. The van der Waals surface area contributed by atoms with Crippen LogP contribution in [0.3, 0.4) is 0 Å². The minimum absolute atomic E-state index is 0.0996. The fraction of sp³-hybridized carbons (Fsp3) is 0.579. The molecule has 1 heterocycles. The molecule has 2 rings (SSSR count). The van der Waals surface area contributed by atoms with Gasteiger partial charge < -0.3 is 20.6 Å². The molecule has 1 aliphatic rings. The fourth-order valence-electron chi connectivity index (χ4n) is 2.80. The molecule has 1 aromatic carbocycles. The maximum Gasteiger partial charge on any atom is 0.251 e. The summed E-state index contributed by atoms with van der Waals surface area (Å²) in [6.07, 6.45) is 1.96. The van der Waals surface area contributed by atoms with Gasteiger partial charge in [-0.3, -0.25) is 9.79 Å². The molecule has 1 atom stereocenters. The lowest BCUT2D eigenvalue weighted by Gasteiger charge is -2.34. The number of carbonyl (C=O) groups excluding carboxylic acids is 1. The Kier molecular flexibility index (Phi) is 8.61. The van der Waals surface area contributed by atoms with E-state index in [1.807, 2.05) is 11.8 Å². The number of carbonyl (C=O) groups is 1. The van der Waals surface area contributed by atoms with Gasteiger partial charge in [-0.05, 0) is 38.0 Å². The number of nitrogens with zero attached hydrogens (tertiary/aromatic N) is 2. The second kappa shape index (κ2) is 11.0. The maximum atomic E-state index is 12.0. The van der Waals surface area contributed by atoms with E-state index >= 15 is 0 Å². The van der Waals surface area contributed by atoms with Crippen molar-refractivity contribution in [2.45, 2.75) is 31.9 Å². The van der Waals surface area contributed by atoms with Gasteiger partial charge in [-0.25, -0.2) is 0 Å². The highest BCUT2D eigenvalue weighted by Crippen LogP contribution is 2.21. The van der Waals surface area contributed by atoms with Gasteiger partial charge in [-0.1, -0.05) is 13.0 Å². The van der Waals surface area contributed by atoms with Crippen molar-refractivity contribution in [3.8, 4) is 5.75 Å². The third-order valence-corrected chi connectivity index (χ3v) is 5.59. The molecule has 1 aliphatic heterocycles. The smallest absolute Gasteiger partial charge is 0.251 e. The van der Waals surface area contributed by atoms with Crippen molar-refractivity contribution in [3.05, 3.63) is 29.8 Å². The summed E-state index contributed by atoms with van der Waals surface area (Å²) in [5.74, 6) is 2.05. The first-order valence-electron chi connectivity index (χ1n) is 9.36. The Hall–Kier alpha value is -1.89. The fourth-order valence-corrected chi connectivity index (χ4v) is 3.98. The van der Waals surface area contributed by atoms with E-state index in [0.29, 0.717) is 23.9 Å². The van der Waals surface area contributed by atoms with Gasteiger partial charge in [0.1, 0.15) is 5.75 Å². The third-order valence-electron chi connectivity index (χ3n) is 4.22. The summed E-state index contributed by atoms with van der Waals surface area (Å²) in [4.78, 5) is 19.1. The molecule has 1 unspecified atom stereocenters. The van der Waals surface area contributed by atoms with Crippen LogP contribution in [0.5, 0.6) is 5.75 Å². The number of thioether (sulfide) groups is 1. The molecule has 1 saturated heterocycles. The van der Waals surface area contributed by atoms with Gasteiger partial charge in [0.15, 0.2) is 5.96 Å². The Bertz CT molecular complexity index is 609. The summed E-state index contributed by atoms with van der Waals surface area (Å²) in [7, 11) is 0. The highest BCUT2D eigenvalue weighted by Gasteiger charge is 2.21. The Morgan fingerprint density at radius 1 is 1.38 bits per heavy atom. The van der Waals surface area contributed by atoms with E-state index in [4.69, 9.17) is 4.99 Å². The zero-order valence-electron chi connectivity index (χ0n) is 15.7. The molecule has 0 bridgehead atoms. The van der Waals surface area contributed by atoms with Crippen LogP contribution in [0.25, 0.3) is 0 Å². The summed E-state index contributed by atoms with van der Waals surface area (Å²) in [6.45, 7) is 8.48. The van der Waals surface area contributed by atoms with E-state index in [1.165, 1.54) is 12.5 Å². The highest BCUT2D eigenvalue weighted by molar-refractivity contribution is 8.00. The number of phenolic OH excluding ortho intramolecular Hbond substituents is 1. The van der Waals surface area contributed by atoms with E-state index in [1.54, 1.807) is 18.2 Å². The van der Waals surface area contributed by atoms with E-state index in [0.717, 1.165) is 37.8 Å². The zero-order valence-corrected chi connectivity index (χ0v) is 16.5. The first kappa shape index (κ1) is 20.4. The monoisotopic (exact) mass is 378 g/mol. The Morgan fingerprint density at radius 2 is 2.23 bits per heavy atom. The van der Waals surface area contributed by atoms with Crippen LogP contribution in [0.2, 0.25) is 0 Å². The van der Waals surface area contributed by atoms with Gasteiger partial charge in [0.25, 0.3) is 5.91 Å². The Morgan fingerprint density at radius 3 is 2.96 bits per heavy atom. The van der Waals surface area contributed by atoms with E-state index in [9.17, 15) is 9.90 Å². The first-order valence-corrected chi connectivity index (χ1v) is 10.4. The minimum Gasteiger partial charge on any atom is -0.508 e. The van der Waals surface area contributed by atoms with Crippen molar-refractivity contribution in [2.24, 2.45) is 4.99 Å². The van der Waals surface area contributed by atoms with Crippen molar-refractivity contribution < 1.29 is 9.90 Å². The van der Waals surface area contributed by atoms with E-state index in [-0.39, 0.29) is 11.7 Å². The van der Waals surface area contributed by atoms with Crippen molar-refractivity contribution in [1.82, 2.24) is 15.5 Å². The van der Waals surface area contributed by atoms with Gasteiger partial charge in [0.2, 0.25) is 0 Å². The molecular formula is C19H30N4O2S. The largest absolute Gasteiger partial charge is 0.508 e. The number of aromatic hydroxyl groups is 1. The predicted molar refractivity (Wildman–Crippen MR) is 109 cm³/mol. The molecule has 6 nitrogen and oxygen atoms in total. The summed E-state index contributed by atoms with van der Waals surface area (Å²) >= 11 is 2.05. The molecule has 1 amide bonds. The maximum absolute atomic E-state index is 12.0. The number of amides is 1. The topological polar surface area (TPSA) is 77.0 Å². The summed E-state index contributed by atoms with van der Waals surface area (Å²) in [5, 5.41) is 16.4. The number of nitrogens with one attached hydrogen (secondary N) is 2. The van der Waals surface area contributed by atoms with Crippen LogP contribution in [0.4, 0.5) is 0 Å². The molecular weight excluding hydrogens is 348 g/mol. The van der Waals surface area contributed by atoms with Gasteiger partial charge in [0, 0.05) is 49.3 Å². The Balaban J connectivity index is 1.78. The van der Waals surface area contributed by atoms with Crippen LogP contribution in [0, 0.1) is 0 Å². The number of rotatable bonds is 7. The van der Waals surface area contributed by atoms with Gasteiger partial charge in [-0.15, -0.1) is 0 Å². The quantitative estimate of drug-likeness (QED) is 0.386. The zero-order chi connectivity index (χ0) is 18.8. The average molecular weight is 379 g/mol. The molecule has 0 saturated carbocycles. The number of aliphatic imine (C=N–C) groups is 1. The van der Waals surface area contributed by atoms with Gasteiger partial charge in [-0.2, -0.15) is 11.8 Å². The van der Waals surface area contributed by atoms with Crippen LogP contribution in [0.15, 0.2) is 29.3 Å². The second-order valence-corrected chi connectivity index (χ2v) is 7.65. The third kappa shape index (κ3) is 6.44. The number of phenols is 1. The van der Waals surface area contributed by atoms with Gasteiger partial charge in [0.05, 0.1) is 0 Å². The standard InChI is InChI=1S/C19H30N4O2S/c1-3-17-14-23(11-12-26-17)19(20-4-2)22-10-6-9-21-18(25)15-7-5-8-16(24)13-15/h5,7-8,13,17,24H,3-4,6,9-12,14H2,1-2H3,(H,20,22)(H,21,25). The van der Waals surface area contributed by atoms with Crippen molar-refractivity contribution >= 4 is 23.6 Å². The lowest BCUT2D eigenvalue weighted by molar-refractivity contribution is 0.0953. The van der Waals surface area contributed by atoms with Crippen LogP contribution in [-0.2, 0) is 0 Å². The molecule has 144 valence electrons. The van der Waals surface area contributed by atoms with Crippen LogP contribution >= 0.6 is 11.8 Å². The molecule has 0 radical (unpaired) electrons. The summed E-state index contributed by atoms with van der Waals surface area (Å²) in [5.41, 5.74) is 0.471. The van der Waals surface area contributed by atoms with Crippen molar-refractivity contribution in [3.63, 3.8) is 0 Å². The number of guanidine groups is 1. The Labute approximate surface area is 160 Å². The molecule has 0 aromatic heterocycles. The molecule has 7 heteroatoms. The molecule has 0 spiro atoms. The second-order valence-electron chi connectivity index (χ2n) is 6.24. The molecule has 1 aromatic rings. The number of hydrogen-bond donors (Lipinski definition) is 3.